The molecule has 0 aromatic heterocycles. The van der Waals surface area contributed by atoms with Crippen molar-refractivity contribution in [2.45, 2.75) is 43.7 Å². The van der Waals surface area contributed by atoms with Crippen LogP contribution < -0.4 is 5.32 Å². The Morgan fingerprint density at radius 3 is 2.60 bits per heavy atom. The molecule has 4 unspecified atom stereocenters. The second-order valence-electron chi connectivity index (χ2n) is 9.34. The van der Waals surface area contributed by atoms with E-state index >= 15 is 0 Å². The Bertz CT molecular complexity index is 1140. The normalized spacial score (nSPS) is 26.7. The van der Waals surface area contributed by atoms with E-state index < -0.39 is 0 Å². The molecule has 2 N–H and O–H groups in total. The fourth-order valence-corrected chi connectivity index (χ4v) is 5.07. The number of allylic oxidation sites excluding steroid dienone is 2. The first-order valence-corrected chi connectivity index (χ1v) is 12.4. The van der Waals surface area contributed by atoms with Gasteiger partial charge in [-0.1, -0.05) is 84.0 Å². The van der Waals surface area contributed by atoms with Crippen molar-refractivity contribution in [1.82, 2.24) is 5.32 Å². The fourth-order valence-electron chi connectivity index (χ4n) is 5.07. The lowest BCUT2D eigenvalue weighted by atomic mass is 9.74. The summed E-state index contributed by atoms with van der Waals surface area (Å²) in [4.78, 5) is 9.34. The van der Waals surface area contributed by atoms with E-state index in [4.69, 9.17) is 9.73 Å². The zero-order chi connectivity index (χ0) is 23.9. The minimum absolute atomic E-state index is 0.0234. The summed E-state index contributed by atoms with van der Waals surface area (Å²) in [7, 11) is 0. The van der Waals surface area contributed by atoms with Crippen LogP contribution in [-0.4, -0.2) is 48.4 Å². The summed E-state index contributed by atoms with van der Waals surface area (Å²) in [6.07, 6.45) is 12.1. The van der Waals surface area contributed by atoms with Gasteiger partial charge in [-0.3, -0.25) is 0 Å². The number of nitrogens with one attached hydrogen (secondary N) is 1. The number of hydrogen-bond donors (Lipinski definition) is 2. The second-order valence-corrected chi connectivity index (χ2v) is 9.34. The van der Waals surface area contributed by atoms with Crippen LogP contribution in [0.3, 0.4) is 0 Å². The SMILES string of the molecule is O/N=C1\CC(c2ccccc2)CC2N=C(NCCOC3C=CC(Cc4ccccc4)=CC3)N=CC12. The van der Waals surface area contributed by atoms with Crippen molar-refractivity contribution in [3.05, 3.63) is 95.6 Å². The average Bonchev–Trinajstić information content (AvgIpc) is 2.92. The third-order valence-corrected chi connectivity index (χ3v) is 6.93. The van der Waals surface area contributed by atoms with Gasteiger partial charge in [0.1, 0.15) is 0 Å². The Kier molecular flexibility index (Phi) is 7.49. The number of benzene rings is 2. The molecule has 0 amide bonds. The molecule has 2 aliphatic carbocycles. The van der Waals surface area contributed by atoms with Gasteiger partial charge in [-0.05, 0) is 48.3 Å². The summed E-state index contributed by atoms with van der Waals surface area (Å²) in [6.45, 7) is 1.22. The van der Waals surface area contributed by atoms with Crippen LogP contribution in [0.25, 0.3) is 0 Å². The van der Waals surface area contributed by atoms with Gasteiger partial charge in [0, 0.05) is 12.8 Å². The lowest BCUT2D eigenvalue weighted by Gasteiger charge is -2.34. The van der Waals surface area contributed by atoms with Crippen molar-refractivity contribution in [3.8, 4) is 0 Å². The van der Waals surface area contributed by atoms with Crippen LogP contribution in [0, 0.1) is 5.92 Å². The molecule has 0 spiro atoms. The Balaban J connectivity index is 1.09. The van der Waals surface area contributed by atoms with Gasteiger partial charge in [0.25, 0.3) is 0 Å². The number of aliphatic imine (C=N–C) groups is 2. The maximum atomic E-state index is 9.58. The molecule has 1 heterocycles. The maximum absolute atomic E-state index is 9.58. The highest BCUT2D eigenvalue weighted by molar-refractivity contribution is 6.05. The Labute approximate surface area is 206 Å². The van der Waals surface area contributed by atoms with E-state index in [1.807, 2.05) is 18.3 Å². The van der Waals surface area contributed by atoms with Crippen LogP contribution in [-0.2, 0) is 11.2 Å². The maximum Gasteiger partial charge on any atom is 0.218 e. The molecule has 1 saturated carbocycles. The summed E-state index contributed by atoms with van der Waals surface area (Å²) in [5.74, 6) is 0.886. The highest BCUT2D eigenvalue weighted by atomic mass is 16.5. The molecule has 1 fully saturated rings. The first-order chi connectivity index (χ1) is 17.3. The summed E-state index contributed by atoms with van der Waals surface area (Å²) in [6, 6.07) is 21.0. The standard InChI is InChI=1S/C29H32N4O2/c34-33-28-19-24(23-9-5-2-6-10-23)18-27-26(28)20-31-29(32-27)30-15-16-35-25-13-11-22(12-14-25)17-21-7-3-1-4-8-21/h1-13,20,24-27,34H,14-19H2,(H,30,32)/b33-28+. The van der Waals surface area contributed by atoms with Crippen molar-refractivity contribution >= 4 is 17.9 Å². The van der Waals surface area contributed by atoms with Crippen LogP contribution in [0.1, 0.15) is 36.3 Å². The van der Waals surface area contributed by atoms with Crippen molar-refractivity contribution < 1.29 is 9.94 Å². The quantitative estimate of drug-likeness (QED) is 0.344. The number of oxime groups is 1. The fraction of sp³-hybridized carbons (Fsp3) is 0.345. The lowest BCUT2D eigenvalue weighted by molar-refractivity contribution is 0.0903. The molecule has 2 aromatic carbocycles. The predicted molar refractivity (Wildman–Crippen MR) is 141 cm³/mol. The lowest BCUT2D eigenvalue weighted by Crippen LogP contribution is -2.41. The molecule has 6 nitrogen and oxygen atoms in total. The van der Waals surface area contributed by atoms with Crippen LogP contribution in [0.2, 0.25) is 0 Å². The third kappa shape index (κ3) is 5.95. The van der Waals surface area contributed by atoms with Gasteiger partial charge in [0.2, 0.25) is 5.96 Å². The molecule has 5 rings (SSSR count). The summed E-state index contributed by atoms with van der Waals surface area (Å²) < 4.78 is 6.04. The average molecular weight is 469 g/mol. The van der Waals surface area contributed by atoms with Gasteiger partial charge in [0.15, 0.2) is 0 Å². The van der Waals surface area contributed by atoms with Crippen molar-refractivity contribution in [3.63, 3.8) is 0 Å². The highest BCUT2D eigenvalue weighted by Crippen LogP contribution is 2.36. The second kappa shape index (κ2) is 11.3. The Hall–Kier alpha value is -3.51. The number of fused-ring (bicyclic) bond motifs is 1. The first-order valence-electron chi connectivity index (χ1n) is 12.4. The van der Waals surface area contributed by atoms with E-state index in [0.29, 0.717) is 25.0 Å². The zero-order valence-electron chi connectivity index (χ0n) is 19.8. The molecule has 4 atom stereocenters. The van der Waals surface area contributed by atoms with E-state index in [9.17, 15) is 5.21 Å². The molecule has 6 heteroatoms. The van der Waals surface area contributed by atoms with E-state index in [2.05, 4.69) is 82.2 Å². The van der Waals surface area contributed by atoms with Gasteiger partial charge in [-0.15, -0.1) is 0 Å². The van der Waals surface area contributed by atoms with E-state index in [1.165, 1.54) is 16.7 Å². The summed E-state index contributed by atoms with van der Waals surface area (Å²) >= 11 is 0. The van der Waals surface area contributed by atoms with Crippen LogP contribution in [0.15, 0.2) is 99.6 Å². The van der Waals surface area contributed by atoms with Crippen molar-refractivity contribution in [2.24, 2.45) is 21.1 Å². The third-order valence-electron chi connectivity index (χ3n) is 6.93. The molecule has 2 aromatic rings. The van der Waals surface area contributed by atoms with Gasteiger partial charge in [-0.25, -0.2) is 9.98 Å². The molecular weight excluding hydrogens is 436 g/mol. The number of guanidine groups is 1. The minimum Gasteiger partial charge on any atom is -0.411 e. The summed E-state index contributed by atoms with van der Waals surface area (Å²) in [5, 5.41) is 16.5. The van der Waals surface area contributed by atoms with Crippen LogP contribution >= 0.6 is 0 Å². The molecule has 0 saturated heterocycles. The smallest absolute Gasteiger partial charge is 0.218 e. The summed E-state index contributed by atoms with van der Waals surface area (Å²) in [5.41, 5.74) is 4.68. The molecule has 0 bridgehead atoms. The number of hydrogen-bond acceptors (Lipinski definition) is 6. The highest BCUT2D eigenvalue weighted by Gasteiger charge is 2.37. The Morgan fingerprint density at radius 1 is 1.06 bits per heavy atom. The minimum atomic E-state index is -0.0361. The van der Waals surface area contributed by atoms with Gasteiger partial charge in [-0.2, -0.15) is 0 Å². The van der Waals surface area contributed by atoms with Gasteiger partial charge >= 0.3 is 0 Å². The van der Waals surface area contributed by atoms with E-state index in [0.717, 1.165) is 31.4 Å². The topological polar surface area (TPSA) is 78.6 Å². The zero-order valence-corrected chi connectivity index (χ0v) is 19.8. The molecule has 35 heavy (non-hydrogen) atoms. The Morgan fingerprint density at radius 2 is 1.86 bits per heavy atom. The van der Waals surface area contributed by atoms with Gasteiger partial charge < -0.3 is 15.3 Å². The van der Waals surface area contributed by atoms with Crippen molar-refractivity contribution in [1.29, 1.82) is 0 Å². The van der Waals surface area contributed by atoms with Crippen LogP contribution in [0.5, 0.6) is 0 Å². The van der Waals surface area contributed by atoms with Gasteiger partial charge in [0.05, 0.1) is 30.4 Å². The first kappa shape index (κ1) is 23.2. The predicted octanol–water partition coefficient (Wildman–Crippen LogP) is 4.92. The van der Waals surface area contributed by atoms with Crippen LogP contribution in [0.4, 0.5) is 0 Å². The number of ether oxygens (including phenoxy) is 1. The molecule has 180 valence electrons. The largest absolute Gasteiger partial charge is 0.411 e. The molecule has 3 aliphatic rings. The van der Waals surface area contributed by atoms with E-state index in [1.54, 1.807) is 0 Å². The van der Waals surface area contributed by atoms with E-state index in [-0.39, 0.29) is 18.1 Å². The van der Waals surface area contributed by atoms with Crippen molar-refractivity contribution in [2.75, 3.05) is 13.2 Å². The molecule has 1 aliphatic heterocycles. The molecule has 0 radical (unpaired) electrons. The number of nitrogens with zero attached hydrogens (tertiary/aromatic N) is 3. The monoisotopic (exact) mass is 468 g/mol. The number of rotatable bonds is 7. The molecular formula is C29H32N4O2.